The van der Waals surface area contributed by atoms with Gasteiger partial charge in [-0.3, -0.25) is 4.68 Å². The molecule has 0 saturated heterocycles. The van der Waals surface area contributed by atoms with Gasteiger partial charge in [-0.1, -0.05) is 38.1 Å². The molecule has 0 saturated carbocycles. The van der Waals surface area contributed by atoms with Gasteiger partial charge in [0.25, 0.3) is 0 Å². The summed E-state index contributed by atoms with van der Waals surface area (Å²) in [4.78, 5) is 14.6. The maximum atomic E-state index is 12.7. The van der Waals surface area contributed by atoms with Crippen molar-refractivity contribution < 1.29 is 9.53 Å². The van der Waals surface area contributed by atoms with Crippen LogP contribution in [0.5, 0.6) is 0 Å². The lowest BCUT2D eigenvalue weighted by Gasteiger charge is -2.30. The summed E-state index contributed by atoms with van der Waals surface area (Å²) in [6.07, 6.45) is 4.63. The van der Waals surface area contributed by atoms with Crippen molar-refractivity contribution in [1.82, 2.24) is 20.0 Å². The zero-order valence-corrected chi connectivity index (χ0v) is 15.9. The monoisotopic (exact) mass is 356 g/mol. The predicted molar refractivity (Wildman–Crippen MR) is 101 cm³/mol. The van der Waals surface area contributed by atoms with Crippen molar-refractivity contribution >= 4 is 6.03 Å². The highest BCUT2D eigenvalue weighted by atomic mass is 16.5. The molecule has 6 nitrogen and oxygen atoms in total. The predicted octanol–water partition coefficient (Wildman–Crippen LogP) is 2.58. The van der Waals surface area contributed by atoms with Gasteiger partial charge in [0.1, 0.15) is 0 Å². The molecular weight excluding hydrogens is 328 g/mol. The first-order valence-electron chi connectivity index (χ1n) is 9.11. The molecule has 1 aliphatic heterocycles. The van der Waals surface area contributed by atoms with Crippen LogP contribution in [-0.2, 0) is 29.7 Å². The van der Waals surface area contributed by atoms with Crippen molar-refractivity contribution in [3.8, 4) is 0 Å². The minimum absolute atomic E-state index is 0.0180. The molecule has 0 aliphatic carbocycles. The standard InChI is InChI=1S/C20H28N4O2/c1-20(2)15-23(9-8-17-6-4-5-7-18(17)20)19(25)21-12-16-13-22-24(14-16)10-11-26-3/h4-7,13-14H,8-12,15H2,1-3H3,(H,21,25). The van der Waals surface area contributed by atoms with E-state index in [1.54, 1.807) is 13.3 Å². The van der Waals surface area contributed by atoms with Gasteiger partial charge in [0.15, 0.2) is 0 Å². The maximum Gasteiger partial charge on any atom is 0.317 e. The number of hydrogen-bond acceptors (Lipinski definition) is 3. The minimum atomic E-state index is -0.0600. The molecule has 26 heavy (non-hydrogen) atoms. The van der Waals surface area contributed by atoms with E-state index < -0.39 is 0 Å². The van der Waals surface area contributed by atoms with E-state index in [-0.39, 0.29) is 11.4 Å². The average Bonchev–Trinajstić information content (AvgIpc) is 3.03. The largest absolute Gasteiger partial charge is 0.383 e. The van der Waals surface area contributed by atoms with Gasteiger partial charge in [-0.25, -0.2) is 4.79 Å². The Kier molecular flexibility index (Phi) is 5.61. The van der Waals surface area contributed by atoms with Crippen LogP contribution in [0.3, 0.4) is 0 Å². The highest BCUT2D eigenvalue weighted by molar-refractivity contribution is 5.74. The quantitative estimate of drug-likeness (QED) is 0.896. The van der Waals surface area contributed by atoms with E-state index in [4.69, 9.17) is 4.74 Å². The topological polar surface area (TPSA) is 59.4 Å². The molecule has 0 fully saturated rings. The number of fused-ring (bicyclic) bond motifs is 1. The fraction of sp³-hybridized carbons (Fsp3) is 0.500. The first-order chi connectivity index (χ1) is 12.5. The van der Waals surface area contributed by atoms with E-state index >= 15 is 0 Å². The van der Waals surface area contributed by atoms with Crippen LogP contribution in [0.4, 0.5) is 4.79 Å². The van der Waals surface area contributed by atoms with Crippen molar-refractivity contribution in [2.24, 2.45) is 0 Å². The molecule has 2 heterocycles. The summed E-state index contributed by atoms with van der Waals surface area (Å²) in [7, 11) is 1.67. The number of methoxy groups -OCH3 is 1. The number of benzene rings is 1. The van der Waals surface area contributed by atoms with Gasteiger partial charge >= 0.3 is 6.03 Å². The Morgan fingerprint density at radius 2 is 2.15 bits per heavy atom. The van der Waals surface area contributed by atoms with Gasteiger partial charge < -0.3 is 15.0 Å². The molecule has 2 aromatic rings. The number of amides is 2. The molecule has 3 rings (SSSR count). The molecule has 140 valence electrons. The molecular formula is C20H28N4O2. The smallest absolute Gasteiger partial charge is 0.317 e. The zero-order valence-electron chi connectivity index (χ0n) is 15.9. The van der Waals surface area contributed by atoms with Crippen LogP contribution in [0, 0.1) is 0 Å². The molecule has 0 unspecified atom stereocenters. The van der Waals surface area contributed by atoms with Crippen molar-refractivity contribution in [2.45, 2.75) is 38.8 Å². The van der Waals surface area contributed by atoms with E-state index in [0.717, 1.165) is 18.5 Å². The van der Waals surface area contributed by atoms with Gasteiger partial charge in [0.05, 0.1) is 19.3 Å². The number of aromatic nitrogens is 2. The fourth-order valence-corrected chi connectivity index (χ4v) is 3.56. The summed E-state index contributed by atoms with van der Waals surface area (Å²) in [6.45, 7) is 7.67. The Bertz CT molecular complexity index is 754. The SMILES string of the molecule is COCCn1cc(CNC(=O)N2CCc3ccccc3C(C)(C)C2)cn1. The van der Waals surface area contributed by atoms with Crippen molar-refractivity contribution in [3.05, 3.63) is 53.3 Å². The lowest BCUT2D eigenvalue weighted by molar-refractivity contribution is 0.183. The van der Waals surface area contributed by atoms with E-state index in [1.807, 2.05) is 15.8 Å². The average molecular weight is 356 g/mol. The number of nitrogens with zero attached hydrogens (tertiary/aromatic N) is 3. The van der Waals surface area contributed by atoms with Gasteiger partial charge in [0.2, 0.25) is 0 Å². The highest BCUT2D eigenvalue weighted by Crippen LogP contribution is 2.30. The molecule has 0 spiro atoms. The summed E-state index contributed by atoms with van der Waals surface area (Å²) in [6, 6.07) is 8.50. The minimum Gasteiger partial charge on any atom is -0.383 e. The van der Waals surface area contributed by atoms with Gasteiger partial charge in [0, 0.05) is 43.9 Å². The molecule has 6 heteroatoms. The van der Waals surface area contributed by atoms with Crippen LogP contribution in [0.15, 0.2) is 36.7 Å². The number of urea groups is 1. The van der Waals surface area contributed by atoms with Crippen LogP contribution < -0.4 is 5.32 Å². The molecule has 2 amide bonds. The first kappa shape index (κ1) is 18.5. The molecule has 1 aliphatic rings. The second kappa shape index (κ2) is 7.91. The molecule has 0 bridgehead atoms. The van der Waals surface area contributed by atoms with E-state index in [0.29, 0.717) is 26.2 Å². The van der Waals surface area contributed by atoms with E-state index in [9.17, 15) is 4.79 Å². The van der Waals surface area contributed by atoms with Crippen LogP contribution >= 0.6 is 0 Å². The van der Waals surface area contributed by atoms with Crippen molar-refractivity contribution in [3.63, 3.8) is 0 Å². The first-order valence-corrected chi connectivity index (χ1v) is 9.11. The van der Waals surface area contributed by atoms with Crippen LogP contribution in [0.2, 0.25) is 0 Å². The number of rotatable bonds is 5. The van der Waals surface area contributed by atoms with Gasteiger partial charge in [-0.15, -0.1) is 0 Å². The second-order valence-electron chi connectivity index (χ2n) is 7.48. The molecule has 0 atom stereocenters. The number of hydrogen-bond donors (Lipinski definition) is 1. The molecule has 1 N–H and O–H groups in total. The third-order valence-electron chi connectivity index (χ3n) is 4.93. The highest BCUT2D eigenvalue weighted by Gasteiger charge is 2.31. The Labute approximate surface area is 155 Å². The van der Waals surface area contributed by atoms with E-state index in [2.05, 4.69) is 48.5 Å². The van der Waals surface area contributed by atoms with Gasteiger partial charge in [-0.05, 0) is 17.5 Å². The number of nitrogens with one attached hydrogen (secondary N) is 1. The van der Waals surface area contributed by atoms with Crippen molar-refractivity contribution in [1.29, 1.82) is 0 Å². The maximum absolute atomic E-state index is 12.7. The normalized spacial score (nSPS) is 16.0. The van der Waals surface area contributed by atoms with Crippen LogP contribution in [-0.4, -0.2) is 47.5 Å². The van der Waals surface area contributed by atoms with Gasteiger partial charge in [-0.2, -0.15) is 5.10 Å². The Morgan fingerprint density at radius 1 is 1.35 bits per heavy atom. The summed E-state index contributed by atoms with van der Waals surface area (Å²) in [5, 5.41) is 7.31. The Morgan fingerprint density at radius 3 is 2.96 bits per heavy atom. The van der Waals surface area contributed by atoms with Crippen molar-refractivity contribution in [2.75, 3.05) is 26.8 Å². The summed E-state index contributed by atoms with van der Waals surface area (Å²) in [5.41, 5.74) is 3.61. The molecule has 0 radical (unpaired) electrons. The van der Waals surface area contributed by atoms with Crippen LogP contribution in [0.25, 0.3) is 0 Å². The Hall–Kier alpha value is -2.34. The Balaban J connectivity index is 1.59. The lowest BCUT2D eigenvalue weighted by atomic mass is 9.82. The zero-order chi connectivity index (χ0) is 18.6. The van der Waals surface area contributed by atoms with Crippen LogP contribution in [0.1, 0.15) is 30.5 Å². The third kappa shape index (κ3) is 4.25. The number of ether oxygens (including phenoxy) is 1. The lowest BCUT2D eigenvalue weighted by Crippen LogP contribution is -2.45. The van der Waals surface area contributed by atoms with E-state index in [1.165, 1.54) is 11.1 Å². The molecule has 1 aromatic carbocycles. The second-order valence-corrected chi connectivity index (χ2v) is 7.48. The number of carbonyl (C=O) groups excluding carboxylic acids is 1. The summed E-state index contributed by atoms with van der Waals surface area (Å²) in [5.74, 6) is 0. The fourth-order valence-electron chi connectivity index (χ4n) is 3.56. The summed E-state index contributed by atoms with van der Waals surface area (Å²) >= 11 is 0. The third-order valence-corrected chi connectivity index (χ3v) is 4.93. The summed E-state index contributed by atoms with van der Waals surface area (Å²) < 4.78 is 6.88. The number of carbonyl (C=O) groups is 1. The molecule has 1 aromatic heterocycles.